The van der Waals surface area contributed by atoms with Gasteiger partial charge in [-0.3, -0.25) is 4.79 Å². The summed E-state index contributed by atoms with van der Waals surface area (Å²) in [5, 5.41) is 7.02. The first-order chi connectivity index (χ1) is 13.9. The Hall–Kier alpha value is -2.25. The number of nitrogens with one attached hydrogen (secondary N) is 2. The summed E-state index contributed by atoms with van der Waals surface area (Å²) in [7, 11) is 1.55. The molecular weight excluding hydrogens is 412 g/mol. The summed E-state index contributed by atoms with van der Waals surface area (Å²) < 4.78 is 10.5. The molecule has 29 heavy (non-hydrogen) atoms. The number of esters is 1. The topological polar surface area (TPSA) is 76.7 Å². The third-order valence-electron chi connectivity index (χ3n) is 4.85. The van der Waals surface area contributed by atoms with Gasteiger partial charge in [-0.1, -0.05) is 18.5 Å². The van der Waals surface area contributed by atoms with E-state index in [-0.39, 0.29) is 18.4 Å². The van der Waals surface area contributed by atoms with Crippen LogP contribution in [-0.2, 0) is 22.4 Å². The predicted octanol–water partition coefficient (Wildman–Crippen LogP) is 4.76. The molecule has 0 fully saturated rings. The second kappa shape index (κ2) is 9.50. The van der Waals surface area contributed by atoms with Gasteiger partial charge in [0.1, 0.15) is 10.8 Å². The average molecular weight is 437 g/mol. The summed E-state index contributed by atoms with van der Waals surface area (Å²) in [6.45, 7) is 4.29. The monoisotopic (exact) mass is 436 g/mol. The van der Waals surface area contributed by atoms with Crippen molar-refractivity contribution in [2.24, 2.45) is 5.92 Å². The van der Waals surface area contributed by atoms with Crippen molar-refractivity contribution in [3.63, 3.8) is 0 Å². The van der Waals surface area contributed by atoms with E-state index in [0.717, 1.165) is 29.7 Å². The van der Waals surface area contributed by atoms with Crippen molar-refractivity contribution in [3.8, 4) is 5.75 Å². The molecule has 0 radical (unpaired) electrons. The standard InChI is InChI=1S/C21H25ClN2O4S/c1-4-28-21(26)19-14-7-5-12(2)9-17(14)29-20(19)24-18(25)11-23-15-10-13(22)6-8-16(15)27-3/h6,8,10,12,23H,4-5,7,9,11H2,1-3H3,(H,24,25). The Morgan fingerprint density at radius 1 is 1.34 bits per heavy atom. The Bertz CT molecular complexity index is 912. The van der Waals surface area contributed by atoms with Gasteiger partial charge in [0.2, 0.25) is 5.91 Å². The highest BCUT2D eigenvalue weighted by Gasteiger charge is 2.29. The van der Waals surface area contributed by atoms with Gasteiger partial charge in [-0.2, -0.15) is 0 Å². The molecule has 0 saturated carbocycles. The molecule has 1 atom stereocenters. The maximum absolute atomic E-state index is 12.6. The highest BCUT2D eigenvalue weighted by Crippen LogP contribution is 2.40. The number of amides is 1. The zero-order chi connectivity index (χ0) is 21.0. The Morgan fingerprint density at radius 3 is 2.86 bits per heavy atom. The Labute approximate surface area is 179 Å². The summed E-state index contributed by atoms with van der Waals surface area (Å²) in [6.07, 6.45) is 2.77. The minimum Gasteiger partial charge on any atom is -0.495 e. The minimum absolute atomic E-state index is 0.0118. The van der Waals surface area contributed by atoms with E-state index < -0.39 is 0 Å². The molecule has 6 nitrogen and oxygen atoms in total. The van der Waals surface area contributed by atoms with Gasteiger partial charge in [-0.05, 0) is 55.9 Å². The van der Waals surface area contributed by atoms with Crippen LogP contribution in [-0.4, -0.2) is 32.1 Å². The van der Waals surface area contributed by atoms with Crippen molar-refractivity contribution in [1.29, 1.82) is 0 Å². The van der Waals surface area contributed by atoms with Crippen molar-refractivity contribution in [2.45, 2.75) is 33.1 Å². The van der Waals surface area contributed by atoms with Crippen molar-refractivity contribution < 1.29 is 19.1 Å². The first-order valence-electron chi connectivity index (χ1n) is 9.61. The van der Waals surface area contributed by atoms with E-state index in [1.165, 1.54) is 11.3 Å². The molecule has 0 aliphatic heterocycles. The van der Waals surface area contributed by atoms with Crippen LogP contribution in [0.25, 0.3) is 0 Å². The molecule has 156 valence electrons. The molecule has 0 saturated heterocycles. The van der Waals surface area contributed by atoms with Crippen LogP contribution in [0.1, 0.15) is 41.1 Å². The third-order valence-corrected chi connectivity index (χ3v) is 6.25. The van der Waals surface area contributed by atoms with Crippen molar-refractivity contribution >= 4 is 45.5 Å². The van der Waals surface area contributed by atoms with E-state index in [2.05, 4.69) is 17.6 Å². The van der Waals surface area contributed by atoms with Crippen molar-refractivity contribution in [2.75, 3.05) is 30.9 Å². The first kappa shape index (κ1) is 21.5. The van der Waals surface area contributed by atoms with Crippen LogP contribution in [0.3, 0.4) is 0 Å². The molecule has 2 aromatic rings. The lowest BCUT2D eigenvalue weighted by Gasteiger charge is -2.18. The van der Waals surface area contributed by atoms with Crippen LogP contribution < -0.4 is 15.4 Å². The van der Waals surface area contributed by atoms with E-state index in [9.17, 15) is 9.59 Å². The number of anilines is 2. The molecule has 3 rings (SSSR count). The number of ether oxygens (including phenoxy) is 2. The van der Waals surface area contributed by atoms with Crippen LogP contribution in [0.2, 0.25) is 5.02 Å². The second-order valence-corrected chi connectivity index (χ2v) is 8.56. The summed E-state index contributed by atoms with van der Waals surface area (Å²) in [4.78, 5) is 26.3. The molecule has 0 spiro atoms. The van der Waals surface area contributed by atoms with E-state index in [1.54, 1.807) is 32.2 Å². The van der Waals surface area contributed by atoms with Crippen LogP contribution in [0.4, 0.5) is 10.7 Å². The van der Waals surface area contributed by atoms with E-state index in [1.807, 2.05) is 0 Å². The number of rotatable bonds is 7. The van der Waals surface area contributed by atoms with Crippen LogP contribution in [0.5, 0.6) is 5.75 Å². The molecule has 1 aliphatic carbocycles. The lowest BCUT2D eigenvalue weighted by Crippen LogP contribution is -2.23. The van der Waals surface area contributed by atoms with Crippen molar-refractivity contribution in [3.05, 3.63) is 39.2 Å². The molecule has 2 N–H and O–H groups in total. The highest BCUT2D eigenvalue weighted by molar-refractivity contribution is 7.17. The molecule has 0 bridgehead atoms. The quantitative estimate of drug-likeness (QED) is 0.612. The van der Waals surface area contributed by atoms with Crippen LogP contribution in [0.15, 0.2) is 18.2 Å². The fourth-order valence-corrected chi connectivity index (χ4v) is 5.01. The van der Waals surface area contributed by atoms with E-state index in [0.29, 0.717) is 39.5 Å². The van der Waals surface area contributed by atoms with Gasteiger partial charge in [-0.25, -0.2) is 4.79 Å². The number of benzene rings is 1. The van der Waals surface area contributed by atoms with Gasteiger partial charge < -0.3 is 20.1 Å². The summed E-state index contributed by atoms with van der Waals surface area (Å²) in [5.41, 5.74) is 2.15. The smallest absolute Gasteiger partial charge is 0.341 e. The molecule has 1 unspecified atom stereocenters. The SMILES string of the molecule is CCOC(=O)c1c(NC(=O)CNc2cc(Cl)ccc2OC)sc2c1CCC(C)C2. The normalized spacial score (nSPS) is 15.4. The Morgan fingerprint density at radius 2 is 2.14 bits per heavy atom. The summed E-state index contributed by atoms with van der Waals surface area (Å²) in [6, 6.07) is 5.15. The molecule has 1 heterocycles. The fraction of sp³-hybridized carbons (Fsp3) is 0.429. The summed E-state index contributed by atoms with van der Waals surface area (Å²) in [5.74, 6) is 0.523. The van der Waals surface area contributed by atoms with E-state index in [4.69, 9.17) is 21.1 Å². The minimum atomic E-state index is -0.376. The maximum Gasteiger partial charge on any atom is 0.341 e. The fourth-order valence-electron chi connectivity index (χ4n) is 3.42. The molecule has 1 amide bonds. The first-order valence-corrected chi connectivity index (χ1v) is 10.8. The van der Waals surface area contributed by atoms with Gasteiger partial charge in [0, 0.05) is 9.90 Å². The summed E-state index contributed by atoms with van der Waals surface area (Å²) >= 11 is 7.50. The van der Waals surface area contributed by atoms with Crippen LogP contribution in [0, 0.1) is 5.92 Å². The zero-order valence-electron chi connectivity index (χ0n) is 16.8. The van der Waals surface area contributed by atoms with Crippen LogP contribution >= 0.6 is 22.9 Å². The number of fused-ring (bicyclic) bond motifs is 1. The Balaban J connectivity index is 1.76. The van der Waals surface area contributed by atoms with Gasteiger partial charge in [0.25, 0.3) is 0 Å². The molecule has 1 aromatic heterocycles. The molecule has 1 aromatic carbocycles. The number of carbonyl (C=O) groups excluding carboxylic acids is 2. The largest absolute Gasteiger partial charge is 0.495 e. The third kappa shape index (κ3) is 5.03. The number of hydrogen-bond acceptors (Lipinski definition) is 6. The van der Waals surface area contributed by atoms with E-state index >= 15 is 0 Å². The number of thiophene rings is 1. The molecular formula is C21H25ClN2O4S. The van der Waals surface area contributed by atoms with Gasteiger partial charge in [0.15, 0.2) is 0 Å². The highest BCUT2D eigenvalue weighted by atomic mass is 35.5. The molecule has 1 aliphatic rings. The number of halogens is 1. The van der Waals surface area contributed by atoms with Crippen molar-refractivity contribution in [1.82, 2.24) is 0 Å². The lowest BCUT2D eigenvalue weighted by molar-refractivity contribution is -0.114. The Kier molecular flexibility index (Phi) is 7.03. The molecule has 8 heteroatoms. The predicted molar refractivity (Wildman–Crippen MR) is 117 cm³/mol. The van der Waals surface area contributed by atoms with Gasteiger partial charge in [-0.15, -0.1) is 11.3 Å². The number of hydrogen-bond donors (Lipinski definition) is 2. The number of methoxy groups -OCH3 is 1. The zero-order valence-corrected chi connectivity index (χ0v) is 18.3. The van der Waals surface area contributed by atoms with Gasteiger partial charge in [0.05, 0.1) is 31.5 Å². The second-order valence-electron chi connectivity index (χ2n) is 7.02. The van der Waals surface area contributed by atoms with Gasteiger partial charge >= 0.3 is 5.97 Å². The lowest BCUT2D eigenvalue weighted by atomic mass is 9.88. The number of carbonyl (C=O) groups is 2. The maximum atomic E-state index is 12.6. The average Bonchev–Trinajstić information content (AvgIpc) is 3.03.